The molecule has 1 aromatic heterocycles. The van der Waals surface area contributed by atoms with Gasteiger partial charge in [0.15, 0.2) is 0 Å². The van der Waals surface area contributed by atoms with Crippen molar-refractivity contribution in [2.75, 3.05) is 0 Å². The molecule has 0 aliphatic carbocycles. The highest BCUT2D eigenvalue weighted by Gasteiger charge is 2.03. The zero-order valence-electron chi connectivity index (χ0n) is 10.7. The molecule has 3 nitrogen and oxygen atoms in total. The van der Waals surface area contributed by atoms with Gasteiger partial charge in [-0.15, -0.1) is 0 Å². The van der Waals surface area contributed by atoms with E-state index in [4.69, 9.17) is 27.6 Å². The number of nitrogens with zero attached hydrogens (tertiary/aromatic N) is 1. The Morgan fingerprint density at radius 3 is 2.48 bits per heavy atom. The standard InChI is InChI=1S/C16H9Cl2NO2/c17-12-5-10(6-13(18)8-12)9-19-14-7-11-3-1-2-4-15(11)21-16(14)20/h1-9H. The molecular formula is C16H9Cl2NO2. The molecular weight excluding hydrogens is 309 g/mol. The minimum atomic E-state index is -0.488. The van der Waals surface area contributed by atoms with E-state index in [2.05, 4.69) is 4.99 Å². The third kappa shape index (κ3) is 3.15. The Kier molecular flexibility index (Phi) is 3.78. The molecule has 0 bridgehead atoms. The first-order valence-corrected chi connectivity index (χ1v) is 6.90. The molecule has 5 heteroatoms. The van der Waals surface area contributed by atoms with Crippen LogP contribution in [0.2, 0.25) is 10.0 Å². The lowest BCUT2D eigenvalue weighted by Crippen LogP contribution is -1.97. The Hall–Kier alpha value is -2.10. The molecule has 0 N–H and O–H groups in total. The van der Waals surface area contributed by atoms with Crippen molar-refractivity contribution in [2.24, 2.45) is 4.99 Å². The van der Waals surface area contributed by atoms with Crippen LogP contribution in [0.25, 0.3) is 11.0 Å². The van der Waals surface area contributed by atoms with Crippen molar-refractivity contribution in [1.82, 2.24) is 0 Å². The minimum absolute atomic E-state index is 0.227. The number of rotatable bonds is 2. The molecule has 0 unspecified atom stereocenters. The number of para-hydroxylation sites is 1. The van der Waals surface area contributed by atoms with Crippen molar-refractivity contribution in [1.29, 1.82) is 0 Å². The lowest BCUT2D eigenvalue weighted by Gasteiger charge is -1.98. The molecule has 3 rings (SSSR count). The van der Waals surface area contributed by atoms with Gasteiger partial charge in [0, 0.05) is 21.6 Å². The van der Waals surface area contributed by atoms with Gasteiger partial charge in [-0.3, -0.25) is 0 Å². The summed E-state index contributed by atoms with van der Waals surface area (Å²) in [6.07, 6.45) is 1.53. The zero-order chi connectivity index (χ0) is 14.8. The topological polar surface area (TPSA) is 42.6 Å². The minimum Gasteiger partial charge on any atom is -0.421 e. The molecule has 3 aromatic rings. The lowest BCUT2D eigenvalue weighted by atomic mass is 10.2. The Balaban J connectivity index is 2.02. The second kappa shape index (κ2) is 5.72. The Labute approximate surface area is 130 Å². The zero-order valence-corrected chi connectivity index (χ0v) is 12.2. The van der Waals surface area contributed by atoms with Crippen LogP contribution in [-0.2, 0) is 0 Å². The van der Waals surface area contributed by atoms with Crippen LogP contribution in [0.3, 0.4) is 0 Å². The monoisotopic (exact) mass is 317 g/mol. The summed E-state index contributed by atoms with van der Waals surface area (Å²) in [4.78, 5) is 16.0. The van der Waals surface area contributed by atoms with Gasteiger partial charge in [-0.1, -0.05) is 41.4 Å². The molecule has 0 saturated carbocycles. The van der Waals surface area contributed by atoms with E-state index in [0.29, 0.717) is 21.2 Å². The van der Waals surface area contributed by atoms with Crippen LogP contribution < -0.4 is 5.63 Å². The van der Waals surface area contributed by atoms with Gasteiger partial charge in [0.05, 0.1) is 0 Å². The first kappa shape index (κ1) is 13.9. The highest BCUT2D eigenvalue weighted by Crippen LogP contribution is 2.20. The lowest BCUT2D eigenvalue weighted by molar-refractivity contribution is 0.563. The maximum absolute atomic E-state index is 11.9. The van der Waals surface area contributed by atoms with Crippen molar-refractivity contribution in [3.63, 3.8) is 0 Å². The van der Waals surface area contributed by atoms with Crippen LogP contribution in [0, 0.1) is 0 Å². The second-order valence-electron chi connectivity index (χ2n) is 4.42. The predicted octanol–water partition coefficient (Wildman–Crippen LogP) is 4.85. The number of fused-ring (bicyclic) bond motifs is 1. The molecule has 104 valence electrons. The first-order valence-electron chi connectivity index (χ1n) is 6.15. The van der Waals surface area contributed by atoms with Crippen molar-refractivity contribution >= 4 is 46.1 Å². The fourth-order valence-corrected chi connectivity index (χ4v) is 2.48. The fourth-order valence-electron chi connectivity index (χ4n) is 1.93. The van der Waals surface area contributed by atoms with Crippen LogP contribution in [0.1, 0.15) is 5.56 Å². The summed E-state index contributed by atoms with van der Waals surface area (Å²) in [5.74, 6) is 0. The fraction of sp³-hybridized carbons (Fsp3) is 0. The van der Waals surface area contributed by atoms with E-state index >= 15 is 0 Å². The maximum atomic E-state index is 11.9. The number of benzene rings is 2. The van der Waals surface area contributed by atoms with E-state index in [9.17, 15) is 4.79 Å². The third-order valence-electron chi connectivity index (χ3n) is 2.86. The highest BCUT2D eigenvalue weighted by atomic mass is 35.5. The quantitative estimate of drug-likeness (QED) is 0.501. The van der Waals surface area contributed by atoms with Crippen LogP contribution in [-0.4, -0.2) is 6.21 Å². The summed E-state index contributed by atoms with van der Waals surface area (Å²) in [6, 6.07) is 14.0. The van der Waals surface area contributed by atoms with E-state index in [0.717, 1.165) is 5.39 Å². The Morgan fingerprint density at radius 2 is 1.71 bits per heavy atom. The van der Waals surface area contributed by atoms with Gasteiger partial charge in [0.2, 0.25) is 0 Å². The average molecular weight is 318 g/mol. The van der Waals surface area contributed by atoms with Crippen LogP contribution in [0.4, 0.5) is 5.69 Å². The van der Waals surface area contributed by atoms with Gasteiger partial charge in [0.1, 0.15) is 11.3 Å². The van der Waals surface area contributed by atoms with Gasteiger partial charge in [0.25, 0.3) is 0 Å². The van der Waals surface area contributed by atoms with E-state index in [1.807, 2.05) is 18.2 Å². The Bertz CT molecular complexity index is 880. The van der Waals surface area contributed by atoms with Gasteiger partial charge in [-0.25, -0.2) is 9.79 Å². The summed E-state index contributed by atoms with van der Waals surface area (Å²) in [5, 5.41) is 1.83. The molecule has 0 radical (unpaired) electrons. The largest absolute Gasteiger partial charge is 0.421 e. The molecule has 1 heterocycles. The van der Waals surface area contributed by atoms with E-state index in [1.165, 1.54) is 6.21 Å². The van der Waals surface area contributed by atoms with Crippen molar-refractivity contribution < 1.29 is 4.42 Å². The number of hydrogen-bond donors (Lipinski definition) is 0. The molecule has 0 amide bonds. The predicted molar refractivity (Wildman–Crippen MR) is 86.2 cm³/mol. The molecule has 21 heavy (non-hydrogen) atoms. The van der Waals surface area contributed by atoms with Crippen molar-refractivity contribution in [3.05, 3.63) is 74.6 Å². The maximum Gasteiger partial charge on any atom is 0.362 e. The average Bonchev–Trinajstić information content (AvgIpc) is 2.44. The summed E-state index contributed by atoms with van der Waals surface area (Å²) in [6.45, 7) is 0. The van der Waals surface area contributed by atoms with E-state index in [1.54, 1.807) is 30.3 Å². The van der Waals surface area contributed by atoms with E-state index in [-0.39, 0.29) is 5.69 Å². The van der Waals surface area contributed by atoms with Crippen LogP contribution in [0.15, 0.2) is 62.7 Å². The molecule has 0 spiro atoms. The first-order chi connectivity index (χ1) is 10.1. The molecule has 0 aliphatic rings. The van der Waals surface area contributed by atoms with Crippen LogP contribution in [0.5, 0.6) is 0 Å². The second-order valence-corrected chi connectivity index (χ2v) is 5.29. The molecule has 0 aliphatic heterocycles. The normalized spacial score (nSPS) is 11.3. The van der Waals surface area contributed by atoms with E-state index < -0.39 is 5.63 Å². The molecule has 0 atom stereocenters. The van der Waals surface area contributed by atoms with Crippen LogP contribution >= 0.6 is 23.2 Å². The van der Waals surface area contributed by atoms with Crippen molar-refractivity contribution in [3.8, 4) is 0 Å². The number of hydrogen-bond acceptors (Lipinski definition) is 3. The summed E-state index contributed by atoms with van der Waals surface area (Å²) < 4.78 is 5.21. The van der Waals surface area contributed by atoms with Gasteiger partial charge in [-0.05, 0) is 35.9 Å². The van der Waals surface area contributed by atoms with Crippen molar-refractivity contribution in [2.45, 2.75) is 0 Å². The Morgan fingerprint density at radius 1 is 1.00 bits per heavy atom. The number of halogens is 2. The van der Waals surface area contributed by atoms with Gasteiger partial charge in [-0.2, -0.15) is 0 Å². The summed E-state index contributed by atoms with van der Waals surface area (Å²) in [5.41, 5.74) is 0.982. The third-order valence-corrected chi connectivity index (χ3v) is 3.30. The SMILES string of the molecule is O=c1oc2ccccc2cc1N=Cc1cc(Cl)cc(Cl)c1. The van der Waals surface area contributed by atoms with Gasteiger partial charge < -0.3 is 4.42 Å². The molecule has 2 aromatic carbocycles. The summed E-state index contributed by atoms with van der Waals surface area (Å²) >= 11 is 11.8. The highest BCUT2D eigenvalue weighted by molar-refractivity contribution is 6.35. The van der Waals surface area contributed by atoms with Gasteiger partial charge >= 0.3 is 5.63 Å². The molecule has 0 saturated heterocycles. The number of aliphatic imine (C=N–C) groups is 1. The summed E-state index contributed by atoms with van der Waals surface area (Å²) in [7, 11) is 0. The smallest absolute Gasteiger partial charge is 0.362 e. The molecule has 0 fully saturated rings.